The molecule has 0 aliphatic rings. The quantitative estimate of drug-likeness (QED) is 0.890. The predicted molar refractivity (Wildman–Crippen MR) is 76.3 cm³/mol. The fourth-order valence-electron chi connectivity index (χ4n) is 1.76. The van der Waals surface area contributed by atoms with Crippen molar-refractivity contribution in [2.24, 2.45) is 11.7 Å². The fraction of sp³-hybridized carbons (Fsp3) is 0.417. The van der Waals surface area contributed by atoms with Crippen LogP contribution in [0, 0.1) is 5.92 Å². The van der Waals surface area contributed by atoms with E-state index in [0.717, 1.165) is 0 Å². The van der Waals surface area contributed by atoms with Gasteiger partial charge >= 0.3 is 0 Å². The normalized spacial score (nSPS) is 12.2. The number of carbonyl (C=O) groups is 1. The highest BCUT2D eigenvalue weighted by atomic mass is 35.5. The number of hydrogen-bond acceptors (Lipinski definition) is 4. The minimum Gasteiger partial charge on any atom is -0.320 e. The molecule has 0 bridgehead atoms. The summed E-state index contributed by atoms with van der Waals surface area (Å²) < 4.78 is 1.57. The van der Waals surface area contributed by atoms with Crippen LogP contribution in [0.4, 0.5) is 5.82 Å². The van der Waals surface area contributed by atoms with E-state index in [1.807, 2.05) is 13.8 Å². The van der Waals surface area contributed by atoms with Gasteiger partial charge in [0, 0.05) is 12.3 Å². The second-order valence-electron chi connectivity index (χ2n) is 4.66. The molecule has 0 aromatic carbocycles. The number of halogens is 1. The number of nitrogens with one attached hydrogen (secondary N) is 1. The molecule has 0 saturated carbocycles. The van der Waals surface area contributed by atoms with E-state index < -0.39 is 6.04 Å². The average molecular weight is 284 g/mol. The summed E-state index contributed by atoms with van der Waals surface area (Å²) in [4.78, 5) is 16.0. The Bertz CT molecular complexity index is 554. The summed E-state index contributed by atoms with van der Waals surface area (Å²) in [6, 6.07) is 2.95. The Labute approximate surface area is 117 Å². The summed E-state index contributed by atoms with van der Waals surface area (Å²) in [6.45, 7) is 4.07. The Morgan fingerprint density at radius 1 is 1.42 bits per heavy atom. The molecule has 1 amide bonds. The van der Waals surface area contributed by atoms with Gasteiger partial charge in [-0.3, -0.25) is 4.79 Å². The van der Waals surface area contributed by atoms with Gasteiger partial charge in [0.25, 0.3) is 0 Å². The maximum atomic E-state index is 11.9. The lowest BCUT2D eigenvalue weighted by Gasteiger charge is -2.14. The van der Waals surface area contributed by atoms with Crippen molar-refractivity contribution in [1.82, 2.24) is 14.6 Å². The first-order valence-corrected chi connectivity index (χ1v) is 5.93. The Kier molecular flexibility index (Phi) is 5.26. The molecule has 2 rings (SSSR count). The molecule has 0 unspecified atom stereocenters. The third kappa shape index (κ3) is 3.65. The number of rotatable bonds is 4. The van der Waals surface area contributed by atoms with E-state index in [4.69, 9.17) is 5.73 Å². The van der Waals surface area contributed by atoms with E-state index in [9.17, 15) is 4.79 Å². The molecule has 0 spiro atoms. The van der Waals surface area contributed by atoms with E-state index >= 15 is 0 Å². The molecule has 104 valence electrons. The smallest absolute Gasteiger partial charge is 0.242 e. The zero-order valence-electron chi connectivity index (χ0n) is 10.9. The van der Waals surface area contributed by atoms with Gasteiger partial charge in [-0.15, -0.1) is 12.4 Å². The van der Waals surface area contributed by atoms with Crippen molar-refractivity contribution in [3.63, 3.8) is 0 Å². The summed E-state index contributed by atoms with van der Waals surface area (Å²) in [5.74, 6) is 0.758. The molecule has 0 aliphatic carbocycles. The Morgan fingerprint density at radius 3 is 2.84 bits per heavy atom. The summed E-state index contributed by atoms with van der Waals surface area (Å²) in [6.07, 6.45) is 3.91. The van der Waals surface area contributed by atoms with Gasteiger partial charge in [-0.25, -0.2) is 4.98 Å². The van der Waals surface area contributed by atoms with Gasteiger partial charge in [-0.2, -0.15) is 9.61 Å². The number of aromatic nitrogens is 3. The first-order chi connectivity index (χ1) is 8.58. The Balaban J connectivity index is 0.00000180. The molecular weight excluding hydrogens is 266 g/mol. The van der Waals surface area contributed by atoms with E-state index in [-0.39, 0.29) is 18.3 Å². The van der Waals surface area contributed by atoms with Crippen molar-refractivity contribution in [2.45, 2.75) is 26.3 Å². The number of carbonyl (C=O) groups excluding carboxylic acids is 1. The van der Waals surface area contributed by atoms with Gasteiger partial charge in [-0.05, 0) is 18.4 Å². The number of fused-ring (bicyclic) bond motifs is 1. The molecule has 2 aromatic rings. The summed E-state index contributed by atoms with van der Waals surface area (Å²) in [5, 5.41) is 6.86. The molecule has 3 N–H and O–H groups in total. The van der Waals surface area contributed by atoms with Gasteiger partial charge in [-0.1, -0.05) is 13.8 Å². The minimum absolute atomic E-state index is 0. The largest absolute Gasteiger partial charge is 0.320 e. The van der Waals surface area contributed by atoms with Crippen molar-refractivity contribution in [2.75, 3.05) is 5.32 Å². The number of nitrogens with zero attached hydrogens (tertiary/aromatic N) is 3. The molecule has 0 radical (unpaired) electrons. The van der Waals surface area contributed by atoms with Crippen LogP contribution in [-0.4, -0.2) is 26.5 Å². The lowest BCUT2D eigenvalue weighted by molar-refractivity contribution is -0.117. The zero-order chi connectivity index (χ0) is 13.1. The van der Waals surface area contributed by atoms with Crippen LogP contribution in [0.1, 0.15) is 20.3 Å². The number of nitrogens with two attached hydrogens (primary N) is 1. The van der Waals surface area contributed by atoms with Gasteiger partial charge in [0.15, 0.2) is 5.65 Å². The molecule has 0 fully saturated rings. The van der Waals surface area contributed by atoms with Crippen molar-refractivity contribution in [3.8, 4) is 0 Å². The summed E-state index contributed by atoms with van der Waals surface area (Å²) >= 11 is 0. The van der Waals surface area contributed by atoms with Gasteiger partial charge in [0.2, 0.25) is 5.91 Å². The lowest BCUT2D eigenvalue weighted by atomic mass is 10.0. The SMILES string of the molecule is CC(C)C[C@H](N)C(=O)Nc1ccnc2ccnn12.Cl. The summed E-state index contributed by atoms with van der Waals surface area (Å²) in [5.41, 5.74) is 6.51. The van der Waals surface area contributed by atoms with Crippen LogP contribution in [0.2, 0.25) is 0 Å². The van der Waals surface area contributed by atoms with E-state index in [0.29, 0.717) is 23.8 Å². The summed E-state index contributed by atoms with van der Waals surface area (Å²) in [7, 11) is 0. The van der Waals surface area contributed by atoms with Crippen LogP contribution in [-0.2, 0) is 4.79 Å². The van der Waals surface area contributed by atoms with Crippen molar-refractivity contribution < 1.29 is 4.79 Å². The minimum atomic E-state index is -0.510. The van der Waals surface area contributed by atoms with E-state index in [2.05, 4.69) is 15.4 Å². The van der Waals surface area contributed by atoms with Crippen molar-refractivity contribution in [1.29, 1.82) is 0 Å². The van der Waals surface area contributed by atoms with Gasteiger partial charge in [0.05, 0.1) is 12.2 Å². The highest BCUT2D eigenvalue weighted by Crippen LogP contribution is 2.10. The average Bonchev–Trinajstić information content (AvgIpc) is 2.77. The van der Waals surface area contributed by atoms with Gasteiger partial charge in [0.1, 0.15) is 5.82 Å². The zero-order valence-corrected chi connectivity index (χ0v) is 11.7. The molecule has 6 nitrogen and oxygen atoms in total. The second kappa shape index (κ2) is 6.49. The van der Waals surface area contributed by atoms with Crippen LogP contribution in [0.25, 0.3) is 5.65 Å². The highest BCUT2D eigenvalue weighted by molar-refractivity contribution is 5.94. The first-order valence-electron chi connectivity index (χ1n) is 5.93. The maximum absolute atomic E-state index is 11.9. The lowest BCUT2D eigenvalue weighted by Crippen LogP contribution is -2.37. The van der Waals surface area contributed by atoms with Crippen LogP contribution in [0.3, 0.4) is 0 Å². The molecule has 1 atom stereocenters. The van der Waals surface area contributed by atoms with Crippen LogP contribution < -0.4 is 11.1 Å². The third-order valence-electron chi connectivity index (χ3n) is 2.60. The highest BCUT2D eigenvalue weighted by Gasteiger charge is 2.16. The molecule has 19 heavy (non-hydrogen) atoms. The first kappa shape index (κ1) is 15.4. The second-order valence-corrected chi connectivity index (χ2v) is 4.66. The van der Waals surface area contributed by atoms with Crippen LogP contribution in [0.5, 0.6) is 0 Å². The molecule has 0 aliphatic heterocycles. The van der Waals surface area contributed by atoms with Crippen LogP contribution in [0.15, 0.2) is 24.5 Å². The monoisotopic (exact) mass is 283 g/mol. The molecule has 0 saturated heterocycles. The molecule has 2 heterocycles. The Morgan fingerprint density at radius 2 is 2.16 bits per heavy atom. The molecule has 2 aromatic heterocycles. The van der Waals surface area contributed by atoms with Crippen molar-refractivity contribution >= 4 is 29.8 Å². The van der Waals surface area contributed by atoms with E-state index in [1.54, 1.807) is 29.0 Å². The third-order valence-corrected chi connectivity index (χ3v) is 2.60. The Hall–Kier alpha value is -1.66. The predicted octanol–water partition coefficient (Wildman–Crippen LogP) is 1.46. The molecule has 7 heteroatoms. The van der Waals surface area contributed by atoms with Gasteiger partial charge < -0.3 is 11.1 Å². The topological polar surface area (TPSA) is 85.3 Å². The standard InChI is InChI=1S/C12H17N5O.ClH/c1-8(2)7-9(13)12(18)16-11-3-5-14-10-4-6-15-17(10)11;/h3-6,8-9H,7,13H2,1-2H3,(H,16,18);1H/t9-;/m0./s1. The molecular formula is C12H18ClN5O. The number of anilines is 1. The van der Waals surface area contributed by atoms with E-state index in [1.165, 1.54) is 0 Å². The van der Waals surface area contributed by atoms with Crippen molar-refractivity contribution in [3.05, 3.63) is 24.5 Å². The fourth-order valence-corrected chi connectivity index (χ4v) is 1.76. The van der Waals surface area contributed by atoms with Crippen LogP contribution >= 0.6 is 12.4 Å². The maximum Gasteiger partial charge on any atom is 0.242 e. The number of amides is 1. The number of hydrogen-bond donors (Lipinski definition) is 2.